The van der Waals surface area contributed by atoms with E-state index in [0.717, 1.165) is 0 Å². The van der Waals surface area contributed by atoms with Crippen molar-refractivity contribution in [1.82, 2.24) is 0 Å². The van der Waals surface area contributed by atoms with Gasteiger partial charge in [0.1, 0.15) is 0 Å². The fourth-order valence-corrected chi connectivity index (χ4v) is 7.86. The Labute approximate surface area is 132 Å². The predicted octanol–water partition coefficient (Wildman–Crippen LogP) is 3.72. The van der Waals surface area contributed by atoms with Gasteiger partial charge in [-0.05, 0) is 0 Å². The fraction of sp³-hybridized carbons (Fsp3) is 0.0769. The molecule has 0 saturated heterocycles. The van der Waals surface area contributed by atoms with E-state index in [1.807, 2.05) is 0 Å². The summed E-state index contributed by atoms with van der Waals surface area (Å²) in [6.07, 6.45) is 0. The van der Waals surface area contributed by atoms with Crippen LogP contribution in [0.5, 0.6) is 5.75 Å². The van der Waals surface area contributed by atoms with Crippen molar-refractivity contribution in [2.75, 3.05) is 0 Å². The summed E-state index contributed by atoms with van der Waals surface area (Å²) in [7, 11) is -5.70. The molecule has 0 fully saturated rings. The summed E-state index contributed by atoms with van der Waals surface area (Å²) in [5.74, 6) is -0.0775. The molecular formula is C13H10F3IO4S. The fourth-order valence-electron chi connectivity index (χ4n) is 1.40. The molecule has 0 aliphatic carbocycles. The van der Waals surface area contributed by atoms with Gasteiger partial charge in [-0.1, -0.05) is 0 Å². The van der Waals surface area contributed by atoms with Crippen LogP contribution in [0, 0.1) is 7.14 Å². The summed E-state index contributed by atoms with van der Waals surface area (Å²) in [5.41, 5.74) is -5.48. The molecule has 0 bridgehead atoms. The van der Waals surface area contributed by atoms with E-state index in [1.54, 1.807) is 18.2 Å². The van der Waals surface area contributed by atoms with Gasteiger partial charge < -0.3 is 0 Å². The third kappa shape index (κ3) is 3.90. The minimum atomic E-state index is -5.70. The summed E-state index contributed by atoms with van der Waals surface area (Å²) in [6.45, 7) is 0. The standard InChI is InChI=1S/C13H10F3IO4S/c14-13(15,16)22(19,20)21-17(10-4-2-1-3-5-10)11-6-8-12(18)9-7-11/h1-9,18H. The first-order valence-electron chi connectivity index (χ1n) is 5.76. The van der Waals surface area contributed by atoms with Gasteiger partial charge in [0.15, 0.2) is 0 Å². The van der Waals surface area contributed by atoms with Gasteiger partial charge in [0.2, 0.25) is 0 Å². The Morgan fingerprint density at radius 1 is 0.909 bits per heavy atom. The average Bonchev–Trinajstić information content (AvgIpc) is 2.46. The predicted molar refractivity (Wildman–Crippen MR) is 82.0 cm³/mol. The molecule has 0 heterocycles. The quantitative estimate of drug-likeness (QED) is 0.575. The second-order valence-corrected chi connectivity index (χ2v) is 10.5. The molecule has 2 rings (SSSR count). The Balaban J connectivity index is 2.46. The SMILES string of the molecule is O=S(=O)(OI(c1ccccc1)c1ccc(O)cc1)C(F)(F)F. The molecule has 22 heavy (non-hydrogen) atoms. The summed E-state index contributed by atoms with van der Waals surface area (Å²) >= 11 is -3.33. The van der Waals surface area contributed by atoms with E-state index in [9.17, 15) is 26.7 Å². The summed E-state index contributed by atoms with van der Waals surface area (Å²) < 4.78 is 65.6. The third-order valence-corrected chi connectivity index (χ3v) is 9.44. The maximum absolute atomic E-state index is 12.6. The number of hydrogen-bond donors (Lipinski definition) is 1. The molecule has 2 aromatic carbocycles. The van der Waals surface area contributed by atoms with Gasteiger partial charge in [-0.25, -0.2) is 0 Å². The van der Waals surface area contributed by atoms with Crippen molar-refractivity contribution in [1.29, 1.82) is 0 Å². The van der Waals surface area contributed by atoms with E-state index in [1.165, 1.54) is 36.4 Å². The van der Waals surface area contributed by atoms with Crippen molar-refractivity contribution in [3.63, 3.8) is 0 Å². The van der Waals surface area contributed by atoms with Crippen LogP contribution in [-0.4, -0.2) is 19.0 Å². The molecule has 0 spiro atoms. The Morgan fingerprint density at radius 2 is 1.41 bits per heavy atom. The summed E-state index contributed by atoms with van der Waals surface area (Å²) in [4.78, 5) is 0. The van der Waals surface area contributed by atoms with E-state index in [-0.39, 0.29) is 5.75 Å². The van der Waals surface area contributed by atoms with Crippen molar-refractivity contribution in [3.05, 3.63) is 61.7 Å². The van der Waals surface area contributed by atoms with E-state index >= 15 is 0 Å². The van der Waals surface area contributed by atoms with Crippen LogP contribution in [0.1, 0.15) is 0 Å². The van der Waals surface area contributed by atoms with Crippen molar-refractivity contribution in [2.45, 2.75) is 5.51 Å². The first kappa shape index (κ1) is 17.0. The number of rotatable bonds is 4. The number of hydrogen-bond acceptors (Lipinski definition) is 4. The van der Waals surface area contributed by atoms with Gasteiger partial charge in [0, 0.05) is 0 Å². The first-order chi connectivity index (χ1) is 10.2. The number of benzene rings is 2. The van der Waals surface area contributed by atoms with Crippen molar-refractivity contribution in [3.8, 4) is 5.75 Å². The number of aromatic hydroxyl groups is 1. The van der Waals surface area contributed by atoms with E-state index < -0.39 is 35.9 Å². The molecule has 0 aromatic heterocycles. The Hall–Kier alpha value is -1.33. The average molecular weight is 446 g/mol. The number of alkyl halides is 3. The van der Waals surface area contributed by atoms with Crippen LogP contribution in [0.2, 0.25) is 0 Å². The minimum absolute atomic E-state index is 0.0775. The number of phenolic OH excluding ortho intramolecular Hbond substituents is 1. The molecule has 0 aliphatic heterocycles. The second-order valence-electron chi connectivity index (χ2n) is 3.98. The third-order valence-electron chi connectivity index (χ3n) is 2.39. The van der Waals surface area contributed by atoms with Crippen LogP contribution >= 0.6 is 20.2 Å². The molecule has 9 heteroatoms. The Kier molecular flexibility index (Phi) is 4.97. The van der Waals surface area contributed by atoms with Crippen LogP contribution in [0.4, 0.5) is 13.2 Å². The Morgan fingerprint density at radius 3 is 1.91 bits per heavy atom. The van der Waals surface area contributed by atoms with E-state index in [2.05, 4.69) is 2.51 Å². The molecule has 0 atom stereocenters. The van der Waals surface area contributed by atoms with Crippen LogP contribution in [0.3, 0.4) is 0 Å². The summed E-state index contributed by atoms with van der Waals surface area (Å²) in [5, 5.41) is 9.25. The monoisotopic (exact) mass is 446 g/mol. The number of phenols is 1. The van der Waals surface area contributed by atoms with Crippen LogP contribution in [-0.2, 0) is 12.6 Å². The topological polar surface area (TPSA) is 63.6 Å². The molecule has 4 nitrogen and oxygen atoms in total. The molecule has 0 amide bonds. The van der Waals surface area contributed by atoms with Gasteiger partial charge in [-0.15, -0.1) is 0 Å². The Bertz CT molecular complexity index is 730. The molecule has 0 radical (unpaired) electrons. The van der Waals surface area contributed by atoms with E-state index in [0.29, 0.717) is 7.14 Å². The second kappa shape index (κ2) is 6.42. The van der Waals surface area contributed by atoms with Crippen LogP contribution < -0.4 is 0 Å². The van der Waals surface area contributed by atoms with Crippen molar-refractivity contribution < 1.29 is 29.2 Å². The first-order valence-corrected chi connectivity index (χ1v) is 10.2. The molecular weight excluding hydrogens is 436 g/mol. The molecule has 1 N–H and O–H groups in total. The zero-order valence-corrected chi connectivity index (χ0v) is 13.8. The van der Waals surface area contributed by atoms with Gasteiger partial charge >= 0.3 is 133 Å². The van der Waals surface area contributed by atoms with Gasteiger partial charge in [0.25, 0.3) is 0 Å². The maximum atomic E-state index is 12.6. The van der Waals surface area contributed by atoms with Crippen LogP contribution in [0.25, 0.3) is 0 Å². The molecule has 120 valence electrons. The van der Waals surface area contributed by atoms with Gasteiger partial charge in [0.05, 0.1) is 0 Å². The van der Waals surface area contributed by atoms with Gasteiger partial charge in [-0.3, -0.25) is 0 Å². The molecule has 0 aliphatic rings. The van der Waals surface area contributed by atoms with Crippen molar-refractivity contribution >= 4 is 30.4 Å². The zero-order chi connectivity index (χ0) is 16.4. The van der Waals surface area contributed by atoms with E-state index in [4.69, 9.17) is 0 Å². The molecule has 0 saturated carbocycles. The zero-order valence-electron chi connectivity index (χ0n) is 10.8. The normalized spacial score (nSPS) is 13.0. The molecule has 2 aromatic rings. The molecule has 0 unspecified atom stereocenters. The summed E-state index contributed by atoms with van der Waals surface area (Å²) in [6, 6.07) is 13.1. The number of halogens is 4. The van der Waals surface area contributed by atoms with Gasteiger partial charge in [-0.2, -0.15) is 0 Å². The van der Waals surface area contributed by atoms with Crippen molar-refractivity contribution in [2.24, 2.45) is 0 Å². The van der Waals surface area contributed by atoms with Crippen LogP contribution in [0.15, 0.2) is 54.6 Å².